The average Bonchev–Trinajstić information content (AvgIpc) is 3.04. The molecule has 6 nitrogen and oxygen atoms in total. The van der Waals surface area contributed by atoms with Crippen molar-refractivity contribution >= 4 is 22.7 Å². The summed E-state index contributed by atoms with van der Waals surface area (Å²) in [6, 6.07) is 5.21. The highest BCUT2D eigenvalue weighted by Crippen LogP contribution is 2.25. The number of H-pyrrole nitrogens is 1. The molecule has 2 fully saturated rings. The number of aryl methyl sites for hydroxylation is 1. The Hall–Kier alpha value is -2.41. The van der Waals surface area contributed by atoms with E-state index in [-0.39, 0.29) is 23.7 Å². The van der Waals surface area contributed by atoms with Crippen molar-refractivity contribution < 1.29 is 14.0 Å². The Labute approximate surface area is 163 Å². The Balaban J connectivity index is 1.42. The van der Waals surface area contributed by atoms with Crippen LogP contribution in [0.25, 0.3) is 10.9 Å². The minimum atomic E-state index is -0.321. The number of halogens is 1. The maximum absolute atomic E-state index is 14.0. The molecule has 1 aromatic carbocycles. The summed E-state index contributed by atoms with van der Waals surface area (Å²) in [6.45, 7) is 4.22. The zero-order valence-corrected chi connectivity index (χ0v) is 16.2. The van der Waals surface area contributed by atoms with Gasteiger partial charge in [-0.05, 0) is 50.3 Å². The van der Waals surface area contributed by atoms with Crippen LogP contribution in [0, 0.1) is 12.7 Å². The number of amides is 2. The quantitative estimate of drug-likeness (QED) is 0.758. The maximum atomic E-state index is 14.0. The van der Waals surface area contributed by atoms with Gasteiger partial charge in [-0.15, -0.1) is 0 Å². The second-order valence-corrected chi connectivity index (χ2v) is 7.96. The lowest BCUT2D eigenvalue weighted by molar-refractivity contribution is -0.120. The van der Waals surface area contributed by atoms with Crippen molar-refractivity contribution in [2.24, 2.45) is 0 Å². The molecule has 0 bridgehead atoms. The molecule has 1 aliphatic heterocycles. The van der Waals surface area contributed by atoms with Crippen LogP contribution in [0.5, 0.6) is 0 Å². The van der Waals surface area contributed by atoms with Crippen molar-refractivity contribution in [3.63, 3.8) is 0 Å². The minimum absolute atomic E-state index is 0.0931. The average molecular weight is 386 g/mol. The Bertz CT molecular complexity index is 855. The molecule has 2 heterocycles. The molecule has 3 N–H and O–H groups in total. The highest BCUT2D eigenvalue weighted by Gasteiger charge is 2.29. The molecule has 0 radical (unpaired) electrons. The zero-order valence-electron chi connectivity index (χ0n) is 16.2. The number of aromatic nitrogens is 1. The summed E-state index contributed by atoms with van der Waals surface area (Å²) in [7, 11) is 0. The van der Waals surface area contributed by atoms with E-state index in [0.717, 1.165) is 44.3 Å². The van der Waals surface area contributed by atoms with Gasteiger partial charge in [0.05, 0.1) is 5.52 Å². The molecule has 2 atom stereocenters. The smallest absolute Gasteiger partial charge is 0.267 e. The number of hydrogen-bond donors (Lipinski definition) is 3. The number of benzene rings is 1. The lowest BCUT2D eigenvalue weighted by Crippen LogP contribution is -2.47. The van der Waals surface area contributed by atoms with Crippen molar-refractivity contribution in [3.8, 4) is 0 Å². The molecule has 28 heavy (non-hydrogen) atoms. The Morgan fingerprint density at radius 1 is 1.29 bits per heavy atom. The van der Waals surface area contributed by atoms with Crippen LogP contribution in [-0.4, -0.2) is 53.4 Å². The van der Waals surface area contributed by atoms with E-state index < -0.39 is 0 Å². The molecule has 1 saturated heterocycles. The largest absolute Gasteiger partial charge is 0.355 e. The number of carbonyl (C=O) groups is 2. The maximum Gasteiger partial charge on any atom is 0.267 e. The molecule has 2 aromatic rings. The van der Waals surface area contributed by atoms with E-state index in [9.17, 15) is 14.0 Å². The van der Waals surface area contributed by atoms with Crippen LogP contribution in [0.15, 0.2) is 18.2 Å². The highest BCUT2D eigenvalue weighted by atomic mass is 19.1. The van der Waals surface area contributed by atoms with E-state index in [4.69, 9.17) is 0 Å². The van der Waals surface area contributed by atoms with Gasteiger partial charge < -0.3 is 15.6 Å². The third-order valence-corrected chi connectivity index (χ3v) is 6.04. The summed E-state index contributed by atoms with van der Waals surface area (Å²) >= 11 is 0. The van der Waals surface area contributed by atoms with E-state index in [0.29, 0.717) is 35.6 Å². The number of nitrogens with one attached hydrogen (secondary N) is 3. The zero-order chi connectivity index (χ0) is 19.7. The molecule has 2 aliphatic rings. The first kappa shape index (κ1) is 18.9. The van der Waals surface area contributed by atoms with Gasteiger partial charge in [-0.25, -0.2) is 4.39 Å². The molecule has 1 aliphatic carbocycles. The van der Waals surface area contributed by atoms with Crippen LogP contribution in [0.3, 0.4) is 0 Å². The topological polar surface area (TPSA) is 77.2 Å². The van der Waals surface area contributed by atoms with E-state index in [1.54, 1.807) is 12.1 Å². The number of carbonyl (C=O) groups excluding carboxylic acids is 2. The first-order valence-corrected chi connectivity index (χ1v) is 10.1. The van der Waals surface area contributed by atoms with Crippen molar-refractivity contribution in [1.29, 1.82) is 0 Å². The van der Waals surface area contributed by atoms with Gasteiger partial charge in [-0.1, -0.05) is 6.07 Å². The first-order chi connectivity index (χ1) is 13.5. The summed E-state index contributed by atoms with van der Waals surface area (Å²) in [5.74, 6) is -0.393. The van der Waals surface area contributed by atoms with Crippen LogP contribution >= 0.6 is 0 Å². The van der Waals surface area contributed by atoms with Crippen molar-refractivity contribution in [2.45, 2.75) is 51.1 Å². The molecule has 1 aromatic heterocycles. The minimum Gasteiger partial charge on any atom is -0.355 e. The SMILES string of the molecule is Cc1ccc(F)c2cc(C(=O)N[C@@H]3CCC[C@@H](N4CCNC(=O)CC4)C3)[nH]c12. The summed E-state index contributed by atoms with van der Waals surface area (Å²) in [5.41, 5.74) is 1.99. The molecular formula is C21H27FN4O2. The predicted octanol–water partition coefficient (Wildman–Crippen LogP) is 2.48. The summed E-state index contributed by atoms with van der Waals surface area (Å²) < 4.78 is 14.0. The number of aromatic amines is 1. The highest BCUT2D eigenvalue weighted by molar-refractivity contribution is 5.99. The van der Waals surface area contributed by atoms with Crippen LogP contribution in [0.1, 0.15) is 48.2 Å². The van der Waals surface area contributed by atoms with Crippen molar-refractivity contribution in [2.75, 3.05) is 19.6 Å². The fraction of sp³-hybridized carbons (Fsp3) is 0.524. The third kappa shape index (κ3) is 3.90. The van der Waals surface area contributed by atoms with Gasteiger partial charge in [0, 0.05) is 43.5 Å². The fourth-order valence-electron chi connectivity index (χ4n) is 4.49. The van der Waals surface area contributed by atoms with E-state index in [1.807, 2.05) is 6.92 Å². The molecule has 7 heteroatoms. The normalized spacial score (nSPS) is 24.0. The van der Waals surface area contributed by atoms with E-state index in [1.165, 1.54) is 6.07 Å². The van der Waals surface area contributed by atoms with Gasteiger partial charge in [0.25, 0.3) is 5.91 Å². The molecule has 2 amide bonds. The Morgan fingerprint density at radius 2 is 2.14 bits per heavy atom. The molecule has 1 saturated carbocycles. The lowest BCUT2D eigenvalue weighted by Gasteiger charge is -2.37. The second-order valence-electron chi connectivity index (χ2n) is 7.96. The molecule has 150 valence electrons. The van der Waals surface area contributed by atoms with E-state index in [2.05, 4.69) is 20.5 Å². The van der Waals surface area contributed by atoms with Crippen LogP contribution in [-0.2, 0) is 4.79 Å². The molecular weight excluding hydrogens is 359 g/mol. The van der Waals surface area contributed by atoms with Crippen LogP contribution in [0.2, 0.25) is 0 Å². The number of rotatable bonds is 3. The first-order valence-electron chi connectivity index (χ1n) is 10.1. The van der Waals surface area contributed by atoms with Gasteiger partial charge in [0.2, 0.25) is 5.91 Å². The summed E-state index contributed by atoms with van der Waals surface area (Å²) in [5, 5.41) is 6.49. The van der Waals surface area contributed by atoms with Crippen molar-refractivity contribution in [1.82, 2.24) is 20.5 Å². The summed E-state index contributed by atoms with van der Waals surface area (Å²) in [4.78, 5) is 29.8. The van der Waals surface area contributed by atoms with Gasteiger partial charge in [-0.3, -0.25) is 14.5 Å². The number of fused-ring (bicyclic) bond motifs is 1. The lowest BCUT2D eigenvalue weighted by atomic mass is 9.89. The van der Waals surface area contributed by atoms with Gasteiger partial charge in [0.15, 0.2) is 0 Å². The third-order valence-electron chi connectivity index (χ3n) is 6.04. The van der Waals surface area contributed by atoms with E-state index >= 15 is 0 Å². The second kappa shape index (κ2) is 7.91. The van der Waals surface area contributed by atoms with Crippen LogP contribution in [0.4, 0.5) is 4.39 Å². The Morgan fingerprint density at radius 3 is 2.96 bits per heavy atom. The standard InChI is InChI=1S/C21H27FN4O2/c1-13-5-6-17(22)16-12-18(25-20(13)16)21(28)24-14-3-2-4-15(11-14)26-9-7-19(27)23-8-10-26/h5-6,12,14-15,25H,2-4,7-11H2,1H3,(H,23,27)(H,24,28)/t14-,15-/m1/s1. The monoisotopic (exact) mass is 386 g/mol. The summed E-state index contributed by atoms with van der Waals surface area (Å²) in [6.07, 6.45) is 4.51. The predicted molar refractivity (Wildman–Crippen MR) is 106 cm³/mol. The molecule has 4 rings (SSSR count). The fourth-order valence-corrected chi connectivity index (χ4v) is 4.49. The van der Waals surface area contributed by atoms with Crippen molar-refractivity contribution in [3.05, 3.63) is 35.3 Å². The Kier molecular flexibility index (Phi) is 5.35. The van der Waals surface area contributed by atoms with Gasteiger partial charge in [-0.2, -0.15) is 0 Å². The molecule has 0 spiro atoms. The molecule has 0 unspecified atom stereocenters. The van der Waals surface area contributed by atoms with Gasteiger partial charge in [0.1, 0.15) is 11.5 Å². The van der Waals surface area contributed by atoms with Crippen LogP contribution < -0.4 is 10.6 Å². The van der Waals surface area contributed by atoms with Gasteiger partial charge >= 0.3 is 0 Å². The number of hydrogen-bond acceptors (Lipinski definition) is 3. The number of nitrogens with zero attached hydrogens (tertiary/aromatic N) is 1.